The fraction of sp³-hybridized carbons (Fsp3) is 0.200. The average Bonchev–Trinajstić information content (AvgIpc) is 2.57. The van der Waals surface area contributed by atoms with Gasteiger partial charge in [0.1, 0.15) is 6.33 Å². The SMILES string of the molecule is Cc1cc(-c2nncn2C)ccc1N. The van der Waals surface area contributed by atoms with Crippen molar-refractivity contribution in [1.29, 1.82) is 0 Å². The summed E-state index contributed by atoms with van der Waals surface area (Å²) in [6.45, 7) is 1.98. The van der Waals surface area contributed by atoms with Crippen molar-refractivity contribution in [2.75, 3.05) is 5.73 Å². The van der Waals surface area contributed by atoms with Gasteiger partial charge in [-0.3, -0.25) is 0 Å². The molecule has 0 fully saturated rings. The monoisotopic (exact) mass is 188 g/mol. The molecule has 0 radical (unpaired) electrons. The molecule has 2 aromatic rings. The lowest BCUT2D eigenvalue weighted by molar-refractivity contribution is 0.919. The van der Waals surface area contributed by atoms with Crippen molar-refractivity contribution < 1.29 is 0 Å². The third-order valence-electron chi connectivity index (χ3n) is 2.24. The molecule has 0 aliphatic rings. The van der Waals surface area contributed by atoms with Crippen LogP contribution >= 0.6 is 0 Å². The van der Waals surface area contributed by atoms with Crippen LogP contribution in [0, 0.1) is 6.92 Å². The van der Waals surface area contributed by atoms with Crippen molar-refractivity contribution in [3.8, 4) is 11.4 Å². The van der Waals surface area contributed by atoms with Gasteiger partial charge < -0.3 is 10.3 Å². The number of hydrogen-bond donors (Lipinski definition) is 1. The molecule has 0 saturated carbocycles. The molecule has 0 aliphatic carbocycles. The Kier molecular flexibility index (Phi) is 1.96. The molecule has 2 N–H and O–H groups in total. The zero-order valence-electron chi connectivity index (χ0n) is 8.23. The first kappa shape index (κ1) is 8.74. The van der Waals surface area contributed by atoms with Gasteiger partial charge in [-0.25, -0.2) is 0 Å². The Hall–Kier alpha value is -1.84. The number of hydrogen-bond acceptors (Lipinski definition) is 3. The summed E-state index contributed by atoms with van der Waals surface area (Å²) < 4.78 is 1.88. The van der Waals surface area contributed by atoms with Gasteiger partial charge in [-0.1, -0.05) is 0 Å². The molecule has 2 rings (SSSR count). The molecule has 0 bridgehead atoms. The number of nitrogens with two attached hydrogens (primary N) is 1. The van der Waals surface area contributed by atoms with Crippen LogP contribution in [0.15, 0.2) is 24.5 Å². The van der Waals surface area contributed by atoms with E-state index in [-0.39, 0.29) is 0 Å². The smallest absolute Gasteiger partial charge is 0.163 e. The lowest BCUT2D eigenvalue weighted by Crippen LogP contribution is -1.94. The molecule has 0 spiro atoms. The molecule has 1 aromatic heterocycles. The van der Waals surface area contributed by atoms with Crippen LogP contribution in [0.1, 0.15) is 5.56 Å². The highest BCUT2D eigenvalue weighted by Crippen LogP contribution is 2.20. The number of benzene rings is 1. The second-order valence-corrected chi connectivity index (χ2v) is 3.34. The normalized spacial score (nSPS) is 10.4. The van der Waals surface area contributed by atoms with Gasteiger partial charge in [0, 0.05) is 18.3 Å². The summed E-state index contributed by atoms with van der Waals surface area (Å²) in [7, 11) is 1.92. The van der Waals surface area contributed by atoms with E-state index in [9.17, 15) is 0 Å². The summed E-state index contributed by atoms with van der Waals surface area (Å²) in [5.41, 5.74) is 8.64. The molecule has 0 amide bonds. The van der Waals surface area contributed by atoms with Gasteiger partial charge in [0.05, 0.1) is 0 Å². The standard InChI is InChI=1S/C10H12N4/c1-7-5-8(3-4-9(7)11)10-13-12-6-14(10)2/h3-6H,11H2,1-2H3. The largest absolute Gasteiger partial charge is 0.399 e. The highest BCUT2D eigenvalue weighted by molar-refractivity contribution is 5.61. The molecule has 4 heteroatoms. The van der Waals surface area contributed by atoms with Gasteiger partial charge >= 0.3 is 0 Å². The van der Waals surface area contributed by atoms with Crippen LogP contribution in [0.25, 0.3) is 11.4 Å². The van der Waals surface area contributed by atoms with Gasteiger partial charge in [0.15, 0.2) is 5.82 Å². The van der Waals surface area contributed by atoms with Crippen LogP contribution in [0.3, 0.4) is 0 Å². The van der Waals surface area contributed by atoms with Crippen LogP contribution in [-0.2, 0) is 7.05 Å². The first-order valence-corrected chi connectivity index (χ1v) is 4.39. The van der Waals surface area contributed by atoms with E-state index in [1.165, 1.54) is 0 Å². The van der Waals surface area contributed by atoms with E-state index in [4.69, 9.17) is 5.73 Å². The lowest BCUT2D eigenvalue weighted by atomic mass is 10.1. The Balaban J connectivity index is 2.53. The summed E-state index contributed by atoms with van der Waals surface area (Å²) in [5, 5.41) is 7.86. The maximum atomic E-state index is 5.74. The fourth-order valence-corrected chi connectivity index (χ4v) is 1.36. The van der Waals surface area contributed by atoms with E-state index < -0.39 is 0 Å². The molecule has 72 valence electrons. The van der Waals surface area contributed by atoms with E-state index in [1.54, 1.807) is 6.33 Å². The third kappa shape index (κ3) is 1.35. The first-order valence-electron chi connectivity index (χ1n) is 4.39. The van der Waals surface area contributed by atoms with Gasteiger partial charge in [0.25, 0.3) is 0 Å². The van der Waals surface area contributed by atoms with E-state index in [2.05, 4.69) is 10.2 Å². The number of anilines is 1. The predicted molar refractivity (Wildman–Crippen MR) is 55.6 cm³/mol. The highest BCUT2D eigenvalue weighted by atomic mass is 15.2. The van der Waals surface area contributed by atoms with Crippen molar-refractivity contribution >= 4 is 5.69 Å². The Labute approximate surface area is 82.4 Å². The Morgan fingerprint density at radius 3 is 2.71 bits per heavy atom. The van der Waals surface area contributed by atoms with Gasteiger partial charge in [-0.05, 0) is 30.7 Å². The molecule has 1 heterocycles. The van der Waals surface area contributed by atoms with E-state index in [0.29, 0.717) is 0 Å². The number of aryl methyl sites for hydroxylation is 2. The number of nitrogen functional groups attached to an aromatic ring is 1. The zero-order valence-corrected chi connectivity index (χ0v) is 8.23. The molecule has 0 unspecified atom stereocenters. The predicted octanol–water partition coefficient (Wildman–Crippen LogP) is 1.37. The highest BCUT2D eigenvalue weighted by Gasteiger charge is 2.04. The van der Waals surface area contributed by atoms with Gasteiger partial charge in [0.2, 0.25) is 0 Å². The average molecular weight is 188 g/mol. The molecular formula is C10H12N4. The third-order valence-corrected chi connectivity index (χ3v) is 2.24. The van der Waals surface area contributed by atoms with Gasteiger partial charge in [-0.15, -0.1) is 10.2 Å². The van der Waals surface area contributed by atoms with Crippen LogP contribution in [-0.4, -0.2) is 14.8 Å². The fourth-order valence-electron chi connectivity index (χ4n) is 1.36. The van der Waals surface area contributed by atoms with Crippen molar-refractivity contribution in [3.05, 3.63) is 30.1 Å². The van der Waals surface area contributed by atoms with E-state index in [1.807, 2.05) is 36.7 Å². The minimum atomic E-state index is 0.802. The molecule has 0 saturated heterocycles. The van der Waals surface area contributed by atoms with E-state index >= 15 is 0 Å². The summed E-state index contributed by atoms with van der Waals surface area (Å²) in [5.74, 6) is 0.855. The molecule has 0 aliphatic heterocycles. The van der Waals surface area contributed by atoms with Crippen LogP contribution in [0.2, 0.25) is 0 Å². The molecule has 0 atom stereocenters. The summed E-state index contributed by atoms with van der Waals surface area (Å²) >= 11 is 0. The second kappa shape index (κ2) is 3.14. The Bertz CT molecular complexity index is 459. The van der Waals surface area contributed by atoms with Gasteiger partial charge in [-0.2, -0.15) is 0 Å². The number of aromatic nitrogens is 3. The van der Waals surface area contributed by atoms with Crippen molar-refractivity contribution in [2.24, 2.45) is 7.05 Å². The van der Waals surface area contributed by atoms with Crippen LogP contribution in [0.4, 0.5) is 5.69 Å². The molecule has 1 aromatic carbocycles. The zero-order chi connectivity index (χ0) is 10.1. The minimum Gasteiger partial charge on any atom is -0.399 e. The van der Waals surface area contributed by atoms with Crippen molar-refractivity contribution in [1.82, 2.24) is 14.8 Å². The van der Waals surface area contributed by atoms with Crippen LogP contribution < -0.4 is 5.73 Å². The molecule has 4 nitrogen and oxygen atoms in total. The van der Waals surface area contributed by atoms with E-state index in [0.717, 1.165) is 22.6 Å². The van der Waals surface area contributed by atoms with Crippen LogP contribution in [0.5, 0.6) is 0 Å². The number of rotatable bonds is 1. The maximum absolute atomic E-state index is 5.74. The molecular weight excluding hydrogens is 176 g/mol. The topological polar surface area (TPSA) is 56.7 Å². The molecule has 14 heavy (non-hydrogen) atoms. The van der Waals surface area contributed by atoms with Crippen molar-refractivity contribution in [3.63, 3.8) is 0 Å². The summed E-state index contributed by atoms with van der Waals surface area (Å²) in [6.07, 6.45) is 1.68. The minimum absolute atomic E-state index is 0.802. The van der Waals surface area contributed by atoms with Crippen molar-refractivity contribution in [2.45, 2.75) is 6.92 Å². The maximum Gasteiger partial charge on any atom is 0.163 e. The Morgan fingerprint density at radius 1 is 1.36 bits per heavy atom. The second-order valence-electron chi connectivity index (χ2n) is 3.34. The lowest BCUT2D eigenvalue weighted by Gasteiger charge is -2.03. The number of nitrogens with zero attached hydrogens (tertiary/aromatic N) is 3. The Morgan fingerprint density at radius 2 is 2.14 bits per heavy atom. The summed E-state index contributed by atoms with van der Waals surface area (Å²) in [4.78, 5) is 0. The quantitative estimate of drug-likeness (QED) is 0.688. The summed E-state index contributed by atoms with van der Waals surface area (Å²) in [6, 6.07) is 5.85. The first-order chi connectivity index (χ1) is 6.68.